The first-order chi connectivity index (χ1) is 8.31. The minimum atomic E-state index is -0.140. The lowest BCUT2D eigenvalue weighted by Crippen LogP contribution is -2.13. The Bertz CT molecular complexity index is 465. The molecule has 1 aromatic carbocycles. The van der Waals surface area contributed by atoms with E-state index in [0.717, 1.165) is 30.6 Å². The van der Waals surface area contributed by atoms with Crippen molar-refractivity contribution in [1.82, 2.24) is 5.32 Å². The SMILES string of the molecule is CCCNCc1ccc(-c2ccsc2)c(F)c1. The fourth-order valence-corrected chi connectivity index (χ4v) is 2.39. The molecule has 0 aliphatic carbocycles. The van der Waals surface area contributed by atoms with E-state index in [2.05, 4.69) is 12.2 Å². The predicted molar refractivity (Wildman–Crippen MR) is 71.7 cm³/mol. The fourth-order valence-electron chi connectivity index (χ4n) is 1.73. The molecule has 0 amide bonds. The Kier molecular flexibility index (Phi) is 4.29. The molecule has 0 atom stereocenters. The van der Waals surface area contributed by atoms with Gasteiger partial charge in [-0.2, -0.15) is 11.3 Å². The molecule has 90 valence electrons. The maximum atomic E-state index is 13.9. The molecule has 1 aromatic heterocycles. The number of halogens is 1. The molecule has 2 rings (SSSR count). The fraction of sp³-hybridized carbons (Fsp3) is 0.286. The van der Waals surface area contributed by atoms with Crippen LogP contribution in [0.25, 0.3) is 11.1 Å². The molecule has 0 unspecified atom stereocenters. The van der Waals surface area contributed by atoms with Crippen LogP contribution in [-0.2, 0) is 6.54 Å². The van der Waals surface area contributed by atoms with Crippen LogP contribution in [0, 0.1) is 5.82 Å². The van der Waals surface area contributed by atoms with Crippen LogP contribution in [0.15, 0.2) is 35.0 Å². The van der Waals surface area contributed by atoms with Crippen LogP contribution in [0.4, 0.5) is 4.39 Å². The molecule has 17 heavy (non-hydrogen) atoms. The highest BCUT2D eigenvalue weighted by atomic mass is 32.1. The van der Waals surface area contributed by atoms with E-state index in [0.29, 0.717) is 5.56 Å². The maximum absolute atomic E-state index is 13.9. The molecular formula is C14H16FNS. The smallest absolute Gasteiger partial charge is 0.131 e. The summed E-state index contributed by atoms with van der Waals surface area (Å²) in [5, 5.41) is 7.20. The summed E-state index contributed by atoms with van der Waals surface area (Å²) in [6, 6.07) is 7.41. The zero-order valence-electron chi connectivity index (χ0n) is 9.87. The largest absolute Gasteiger partial charge is 0.313 e. The highest BCUT2D eigenvalue weighted by molar-refractivity contribution is 7.08. The Morgan fingerprint density at radius 2 is 2.18 bits per heavy atom. The van der Waals surface area contributed by atoms with E-state index >= 15 is 0 Å². The van der Waals surface area contributed by atoms with Crippen LogP contribution < -0.4 is 5.32 Å². The third-order valence-electron chi connectivity index (χ3n) is 2.62. The van der Waals surface area contributed by atoms with Gasteiger partial charge in [-0.3, -0.25) is 0 Å². The topological polar surface area (TPSA) is 12.0 Å². The number of hydrogen-bond donors (Lipinski definition) is 1. The highest BCUT2D eigenvalue weighted by Gasteiger charge is 2.06. The molecule has 0 fully saturated rings. The first-order valence-corrected chi connectivity index (χ1v) is 6.77. The van der Waals surface area contributed by atoms with E-state index in [4.69, 9.17) is 0 Å². The van der Waals surface area contributed by atoms with Gasteiger partial charge in [-0.25, -0.2) is 4.39 Å². The number of nitrogens with one attached hydrogen (secondary N) is 1. The predicted octanol–water partition coefficient (Wildman–Crippen LogP) is 4.05. The van der Waals surface area contributed by atoms with Gasteiger partial charge in [0.05, 0.1) is 0 Å². The summed E-state index contributed by atoms with van der Waals surface area (Å²) >= 11 is 1.59. The second-order valence-corrected chi connectivity index (χ2v) is 4.78. The van der Waals surface area contributed by atoms with E-state index in [1.165, 1.54) is 0 Å². The van der Waals surface area contributed by atoms with Crippen LogP contribution in [0.5, 0.6) is 0 Å². The van der Waals surface area contributed by atoms with E-state index in [1.54, 1.807) is 17.4 Å². The van der Waals surface area contributed by atoms with E-state index in [9.17, 15) is 4.39 Å². The lowest BCUT2D eigenvalue weighted by molar-refractivity contribution is 0.622. The Labute approximate surface area is 105 Å². The quantitative estimate of drug-likeness (QED) is 0.788. The summed E-state index contributed by atoms with van der Waals surface area (Å²) in [4.78, 5) is 0. The van der Waals surface area contributed by atoms with E-state index < -0.39 is 0 Å². The first-order valence-electron chi connectivity index (χ1n) is 5.83. The molecule has 0 spiro atoms. The molecule has 1 N–H and O–H groups in total. The molecule has 0 saturated carbocycles. The monoisotopic (exact) mass is 249 g/mol. The normalized spacial score (nSPS) is 10.7. The van der Waals surface area contributed by atoms with Gasteiger partial charge in [-0.15, -0.1) is 0 Å². The average Bonchev–Trinajstić information content (AvgIpc) is 2.83. The molecular weight excluding hydrogens is 233 g/mol. The molecule has 0 aliphatic rings. The van der Waals surface area contributed by atoms with Crippen LogP contribution >= 0.6 is 11.3 Å². The van der Waals surface area contributed by atoms with Crippen molar-refractivity contribution < 1.29 is 4.39 Å². The summed E-state index contributed by atoms with van der Waals surface area (Å²) in [7, 11) is 0. The van der Waals surface area contributed by atoms with Crippen molar-refractivity contribution in [3.05, 3.63) is 46.4 Å². The Balaban J connectivity index is 2.12. The Hall–Kier alpha value is -1.19. The highest BCUT2D eigenvalue weighted by Crippen LogP contribution is 2.25. The maximum Gasteiger partial charge on any atom is 0.131 e. The number of benzene rings is 1. The van der Waals surface area contributed by atoms with E-state index in [-0.39, 0.29) is 5.82 Å². The van der Waals surface area contributed by atoms with Gasteiger partial charge in [0, 0.05) is 12.1 Å². The molecule has 3 heteroatoms. The van der Waals surface area contributed by atoms with Crippen molar-refractivity contribution in [2.75, 3.05) is 6.54 Å². The van der Waals surface area contributed by atoms with Crippen molar-refractivity contribution in [1.29, 1.82) is 0 Å². The third kappa shape index (κ3) is 3.14. The summed E-state index contributed by atoms with van der Waals surface area (Å²) in [6.45, 7) is 3.82. The molecule has 1 nitrogen and oxygen atoms in total. The van der Waals surface area contributed by atoms with Crippen LogP contribution in [0.2, 0.25) is 0 Å². The lowest BCUT2D eigenvalue weighted by Gasteiger charge is -2.06. The molecule has 2 aromatic rings. The third-order valence-corrected chi connectivity index (χ3v) is 3.30. The molecule has 0 saturated heterocycles. The molecule has 0 aliphatic heterocycles. The second kappa shape index (κ2) is 5.94. The van der Waals surface area contributed by atoms with Crippen molar-refractivity contribution in [3.8, 4) is 11.1 Å². The second-order valence-electron chi connectivity index (χ2n) is 4.00. The van der Waals surface area contributed by atoms with Gasteiger partial charge in [0.15, 0.2) is 0 Å². The van der Waals surface area contributed by atoms with Gasteiger partial charge in [-0.1, -0.05) is 19.1 Å². The summed E-state index contributed by atoms with van der Waals surface area (Å²) < 4.78 is 13.9. The van der Waals surface area contributed by atoms with Crippen molar-refractivity contribution in [3.63, 3.8) is 0 Å². The number of thiophene rings is 1. The summed E-state index contributed by atoms with van der Waals surface area (Å²) in [5.74, 6) is -0.140. The van der Waals surface area contributed by atoms with E-state index in [1.807, 2.05) is 29.0 Å². The number of rotatable bonds is 5. The van der Waals surface area contributed by atoms with Gasteiger partial charge in [0.25, 0.3) is 0 Å². The zero-order chi connectivity index (χ0) is 12.1. The van der Waals surface area contributed by atoms with Crippen LogP contribution in [0.1, 0.15) is 18.9 Å². The van der Waals surface area contributed by atoms with Crippen LogP contribution in [-0.4, -0.2) is 6.54 Å². The standard InChI is InChI=1S/C14H16FNS/c1-2-6-16-9-11-3-4-13(14(15)8-11)12-5-7-17-10-12/h3-5,7-8,10,16H,2,6,9H2,1H3. The van der Waals surface area contributed by atoms with Crippen molar-refractivity contribution in [2.24, 2.45) is 0 Å². The van der Waals surface area contributed by atoms with Gasteiger partial charge in [0.2, 0.25) is 0 Å². The molecule has 0 radical (unpaired) electrons. The van der Waals surface area contributed by atoms with Gasteiger partial charge >= 0.3 is 0 Å². The zero-order valence-corrected chi connectivity index (χ0v) is 10.7. The minimum absolute atomic E-state index is 0.140. The van der Waals surface area contributed by atoms with Crippen molar-refractivity contribution >= 4 is 11.3 Å². The van der Waals surface area contributed by atoms with Crippen molar-refractivity contribution in [2.45, 2.75) is 19.9 Å². The van der Waals surface area contributed by atoms with Crippen LogP contribution in [0.3, 0.4) is 0 Å². The molecule has 0 bridgehead atoms. The lowest BCUT2D eigenvalue weighted by atomic mass is 10.1. The van der Waals surface area contributed by atoms with Gasteiger partial charge in [-0.05, 0) is 47.0 Å². The van der Waals surface area contributed by atoms with Gasteiger partial charge < -0.3 is 5.32 Å². The minimum Gasteiger partial charge on any atom is -0.313 e. The summed E-state index contributed by atoms with van der Waals surface area (Å²) in [5.41, 5.74) is 2.64. The Morgan fingerprint density at radius 3 is 2.82 bits per heavy atom. The first kappa shape index (κ1) is 12.3. The average molecular weight is 249 g/mol. The molecule has 1 heterocycles. The Morgan fingerprint density at radius 1 is 1.29 bits per heavy atom. The summed E-state index contributed by atoms with van der Waals surface area (Å²) in [6.07, 6.45) is 1.09. The number of hydrogen-bond acceptors (Lipinski definition) is 2. The van der Waals surface area contributed by atoms with Gasteiger partial charge in [0.1, 0.15) is 5.82 Å².